The van der Waals surface area contributed by atoms with Crippen molar-refractivity contribution in [2.75, 3.05) is 20.3 Å². The lowest BCUT2D eigenvalue weighted by atomic mass is 9.80. The molecule has 0 aromatic heterocycles. The van der Waals surface area contributed by atoms with Gasteiger partial charge in [0.15, 0.2) is 0 Å². The quantitative estimate of drug-likeness (QED) is 0.533. The first-order valence-electron chi connectivity index (χ1n) is 5.77. The van der Waals surface area contributed by atoms with Crippen molar-refractivity contribution < 1.29 is 9.47 Å². The molecule has 4 nitrogen and oxygen atoms in total. The molecule has 0 amide bonds. The summed E-state index contributed by atoms with van der Waals surface area (Å²) in [6, 6.07) is 0.205. The molecule has 0 radical (unpaired) electrons. The number of rotatable bonds is 5. The fraction of sp³-hybridized carbons (Fsp3) is 1.00. The zero-order valence-electron chi connectivity index (χ0n) is 10.1. The Morgan fingerprint density at radius 3 is 2.53 bits per heavy atom. The van der Waals surface area contributed by atoms with E-state index in [4.69, 9.17) is 15.3 Å². The Balaban J connectivity index is 2.67. The third kappa shape index (κ3) is 2.91. The predicted octanol–water partition coefficient (Wildman–Crippen LogP) is 1.06. The number of methoxy groups -OCH3 is 1. The minimum Gasteiger partial charge on any atom is -0.381 e. The SMILES string of the molecule is CCC(C)(OC)C(NN)C1CCOCC1. The van der Waals surface area contributed by atoms with Crippen LogP contribution in [0.15, 0.2) is 0 Å². The molecule has 2 unspecified atom stereocenters. The summed E-state index contributed by atoms with van der Waals surface area (Å²) in [4.78, 5) is 0. The topological polar surface area (TPSA) is 56.5 Å². The lowest BCUT2D eigenvalue weighted by Gasteiger charge is -2.41. The molecule has 90 valence electrons. The van der Waals surface area contributed by atoms with Crippen molar-refractivity contribution >= 4 is 0 Å². The summed E-state index contributed by atoms with van der Waals surface area (Å²) in [6.07, 6.45) is 3.08. The van der Waals surface area contributed by atoms with Gasteiger partial charge in [0.1, 0.15) is 0 Å². The predicted molar refractivity (Wildman–Crippen MR) is 60.4 cm³/mol. The van der Waals surface area contributed by atoms with E-state index in [9.17, 15) is 0 Å². The van der Waals surface area contributed by atoms with Gasteiger partial charge in [0.05, 0.1) is 11.6 Å². The van der Waals surface area contributed by atoms with Crippen molar-refractivity contribution in [1.29, 1.82) is 0 Å². The van der Waals surface area contributed by atoms with Gasteiger partial charge in [0.25, 0.3) is 0 Å². The van der Waals surface area contributed by atoms with E-state index in [0.29, 0.717) is 5.92 Å². The van der Waals surface area contributed by atoms with Crippen LogP contribution in [-0.2, 0) is 9.47 Å². The normalized spacial score (nSPS) is 24.8. The second-order valence-corrected chi connectivity index (χ2v) is 4.46. The van der Waals surface area contributed by atoms with E-state index in [1.54, 1.807) is 7.11 Å². The molecule has 1 aliphatic heterocycles. The lowest BCUT2D eigenvalue weighted by molar-refractivity contribution is -0.0625. The molecule has 1 heterocycles. The fourth-order valence-corrected chi connectivity index (χ4v) is 2.35. The highest BCUT2D eigenvalue weighted by atomic mass is 16.5. The van der Waals surface area contributed by atoms with Crippen molar-refractivity contribution in [3.63, 3.8) is 0 Å². The van der Waals surface area contributed by atoms with E-state index in [2.05, 4.69) is 19.3 Å². The number of hydrogen-bond acceptors (Lipinski definition) is 4. The Kier molecular flexibility index (Phi) is 4.99. The molecule has 0 saturated carbocycles. The fourth-order valence-electron chi connectivity index (χ4n) is 2.35. The van der Waals surface area contributed by atoms with Gasteiger partial charge in [0, 0.05) is 20.3 Å². The van der Waals surface area contributed by atoms with Gasteiger partial charge in [-0.1, -0.05) is 6.92 Å². The molecule has 15 heavy (non-hydrogen) atoms. The largest absolute Gasteiger partial charge is 0.381 e. The Morgan fingerprint density at radius 1 is 1.53 bits per heavy atom. The summed E-state index contributed by atoms with van der Waals surface area (Å²) in [5, 5.41) is 0. The minimum atomic E-state index is -0.184. The minimum absolute atomic E-state index is 0.184. The molecule has 1 aliphatic rings. The summed E-state index contributed by atoms with van der Waals surface area (Å²) >= 11 is 0. The first kappa shape index (κ1) is 12.9. The Labute approximate surface area is 92.5 Å². The summed E-state index contributed by atoms with van der Waals surface area (Å²) in [5.41, 5.74) is 2.75. The van der Waals surface area contributed by atoms with Gasteiger partial charge in [0.2, 0.25) is 0 Å². The van der Waals surface area contributed by atoms with Crippen molar-refractivity contribution in [2.45, 2.75) is 44.8 Å². The Bertz CT molecular complexity index is 177. The second-order valence-electron chi connectivity index (χ2n) is 4.46. The highest BCUT2D eigenvalue weighted by Gasteiger charge is 2.38. The van der Waals surface area contributed by atoms with Crippen molar-refractivity contribution in [1.82, 2.24) is 5.43 Å². The molecular weight excluding hydrogens is 192 g/mol. The molecule has 1 rings (SSSR count). The van der Waals surface area contributed by atoms with Gasteiger partial charge in [-0.2, -0.15) is 0 Å². The maximum absolute atomic E-state index is 5.67. The van der Waals surface area contributed by atoms with Crippen LogP contribution in [0.2, 0.25) is 0 Å². The third-order valence-electron chi connectivity index (χ3n) is 3.74. The molecule has 0 aromatic rings. The number of nitrogens with two attached hydrogens (primary N) is 1. The lowest BCUT2D eigenvalue weighted by Crippen LogP contribution is -2.57. The van der Waals surface area contributed by atoms with Crippen LogP contribution in [0.1, 0.15) is 33.1 Å². The molecule has 0 aromatic carbocycles. The third-order valence-corrected chi connectivity index (χ3v) is 3.74. The number of nitrogens with one attached hydrogen (secondary N) is 1. The van der Waals surface area contributed by atoms with Crippen LogP contribution in [0.3, 0.4) is 0 Å². The van der Waals surface area contributed by atoms with Gasteiger partial charge < -0.3 is 9.47 Å². The smallest absolute Gasteiger partial charge is 0.0816 e. The zero-order chi connectivity index (χ0) is 11.3. The van der Waals surface area contributed by atoms with Crippen LogP contribution < -0.4 is 11.3 Å². The maximum Gasteiger partial charge on any atom is 0.0816 e. The van der Waals surface area contributed by atoms with Crippen LogP contribution in [0.5, 0.6) is 0 Å². The van der Waals surface area contributed by atoms with E-state index in [1.165, 1.54) is 0 Å². The van der Waals surface area contributed by atoms with Crippen LogP contribution in [0, 0.1) is 5.92 Å². The summed E-state index contributed by atoms with van der Waals surface area (Å²) < 4.78 is 11.0. The van der Waals surface area contributed by atoms with E-state index in [1.807, 2.05) is 0 Å². The Morgan fingerprint density at radius 2 is 2.13 bits per heavy atom. The van der Waals surface area contributed by atoms with Gasteiger partial charge in [-0.3, -0.25) is 11.3 Å². The average Bonchev–Trinajstić information content (AvgIpc) is 2.31. The summed E-state index contributed by atoms with van der Waals surface area (Å²) in [6.45, 7) is 5.93. The molecule has 1 saturated heterocycles. The molecule has 0 spiro atoms. The number of ether oxygens (including phenoxy) is 2. The van der Waals surface area contributed by atoms with Gasteiger partial charge in [-0.25, -0.2) is 0 Å². The van der Waals surface area contributed by atoms with Crippen molar-refractivity contribution in [3.8, 4) is 0 Å². The molecule has 2 atom stereocenters. The van der Waals surface area contributed by atoms with Crippen molar-refractivity contribution in [3.05, 3.63) is 0 Å². The van der Waals surface area contributed by atoms with E-state index >= 15 is 0 Å². The molecule has 1 fully saturated rings. The molecule has 0 bridgehead atoms. The van der Waals surface area contributed by atoms with E-state index in [-0.39, 0.29) is 11.6 Å². The van der Waals surface area contributed by atoms with Crippen molar-refractivity contribution in [2.24, 2.45) is 11.8 Å². The first-order chi connectivity index (χ1) is 7.18. The first-order valence-corrected chi connectivity index (χ1v) is 5.77. The van der Waals surface area contributed by atoms with Gasteiger partial charge in [-0.15, -0.1) is 0 Å². The van der Waals surface area contributed by atoms with E-state index < -0.39 is 0 Å². The summed E-state index contributed by atoms with van der Waals surface area (Å²) in [5.74, 6) is 6.22. The number of hydrazine groups is 1. The summed E-state index contributed by atoms with van der Waals surface area (Å²) in [7, 11) is 1.76. The molecule has 0 aliphatic carbocycles. The van der Waals surface area contributed by atoms with Gasteiger partial charge >= 0.3 is 0 Å². The van der Waals surface area contributed by atoms with Crippen LogP contribution in [0.25, 0.3) is 0 Å². The highest BCUT2D eigenvalue weighted by Crippen LogP contribution is 2.29. The highest BCUT2D eigenvalue weighted by molar-refractivity contribution is 4.92. The second kappa shape index (κ2) is 5.80. The monoisotopic (exact) mass is 216 g/mol. The van der Waals surface area contributed by atoms with Crippen LogP contribution in [0.4, 0.5) is 0 Å². The Hall–Kier alpha value is -0.160. The van der Waals surface area contributed by atoms with E-state index in [0.717, 1.165) is 32.5 Å². The molecule has 4 heteroatoms. The van der Waals surface area contributed by atoms with Crippen LogP contribution in [-0.4, -0.2) is 32.0 Å². The molecular formula is C11H24N2O2. The zero-order valence-corrected chi connectivity index (χ0v) is 10.1. The molecule has 3 N–H and O–H groups in total. The maximum atomic E-state index is 5.67. The standard InChI is InChI=1S/C11H24N2O2/c1-4-11(2,14-3)10(13-12)9-5-7-15-8-6-9/h9-10,13H,4-8,12H2,1-3H3. The number of hydrogen-bond donors (Lipinski definition) is 2. The van der Waals surface area contributed by atoms with Gasteiger partial charge in [-0.05, 0) is 32.1 Å². The van der Waals surface area contributed by atoms with Crippen LogP contribution >= 0.6 is 0 Å². The average molecular weight is 216 g/mol.